The summed E-state index contributed by atoms with van der Waals surface area (Å²) in [5, 5.41) is 0. The molecule has 1 aromatic carbocycles. The van der Waals surface area contributed by atoms with Crippen LogP contribution in [0.1, 0.15) is 22.5 Å². The van der Waals surface area contributed by atoms with E-state index in [1.807, 2.05) is 13.0 Å². The molecule has 0 amide bonds. The molecular formula is C15H17F3N2O. The third-order valence-corrected chi connectivity index (χ3v) is 3.29. The van der Waals surface area contributed by atoms with Gasteiger partial charge in [-0.25, -0.2) is 0 Å². The molecule has 2 aromatic rings. The van der Waals surface area contributed by atoms with Gasteiger partial charge in [0, 0.05) is 24.3 Å². The van der Waals surface area contributed by atoms with E-state index in [2.05, 4.69) is 0 Å². The van der Waals surface area contributed by atoms with Crippen LogP contribution in [0.15, 0.2) is 34.9 Å². The van der Waals surface area contributed by atoms with Crippen molar-refractivity contribution in [2.75, 3.05) is 12.8 Å². The van der Waals surface area contributed by atoms with E-state index in [0.717, 1.165) is 17.4 Å². The van der Waals surface area contributed by atoms with Crippen LogP contribution in [0.4, 0.5) is 18.9 Å². The highest BCUT2D eigenvalue weighted by Crippen LogP contribution is 2.33. The van der Waals surface area contributed by atoms with Crippen LogP contribution in [0.25, 0.3) is 0 Å². The first-order valence-corrected chi connectivity index (χ1v) is 6.44. The van der Waals surface area contributed by atoms with Gasteiger partial charge in [-0.3, -0.25) is 4.90 Å². The maximum Gasteiger partial charge on any atom is 0.416 e. The Morgan fingerprint density at radius 3 is 2.38 bits per heavy atom. The highest BCUT2D eigenvalue weighted by atomic mass is 19.4. The summed E-state index contributed by atoms with van der Waals surface area (Å²) >= 11 is 0. The number of nitrogens with zero attached hydrogens (tertiary/aromatic N) is 1. The van der Waals surface area contributed by atoms with Crippen LogP contribution >= 0.6 is 0 Å². The minimum Gasteiger partial charge on any atom is -0.469 e. The van der Waals surface area contributed by atoms with Gasteiger partial charge >= 0.3 is 6.18 Å². The summed E-state index contributed by atoms with van der Waals surface area (Å²) in [5.41, 5.74) is 6.06. The molecule has 3 nitrogen and oxygen atoms in total. The molecule has 1 heterocycles. The number of hydrogen-bond acceptors (Lipinski definition) is 3. The summed E-state index contributed by atoms with van der Waals surface area (Å²) in [4.78, 5) is 1.80. The number of hydrogen-bond donors (Lipinski definition) is 1. The zero-order valence-corrected chi connectivity index (χ0v) is 11.9. The van der Waals surface area contributed by atoms with Crippen LogP contribution in [-0.2, 0) is 19.3 Å². The highest BCUT2D eigenvalue weighted by Gasteiger charge is 2.33. The second kappa shape index (κ2) is 5.81. The summed E-state index contributed by atoms with van der Waals surface area (Å²) < 4.78 is 44.3. The molecule has 0 unspecified atom stereocenters. The normalized spacial score (nSPS) is 12.1. The highest BCUT2D eigenvalue weighted by molar-refractivity contribution is 5.46. The zero-order valence-electron chi connectivity index (χ0n) is 11.9. The van der Waals surface area contributed by atoms with Crippen LogP contribution in [0.3, 0.4) is 0 Å². The molecule has 0 saturated heterocycles. The molecule has 114 valence electrons. The second-order valence-electron chi connectivity index (χ2n) is 5.09. The van der Waals surface area contributed by atoms with Crippen molar-refractivity contribution in [3.8, 4) is 0 Å². The number of anilines is 1. The maximum atomic E-state index is 13.0. The predicted octanol–water partition coefficient (Wildman–Crippen LogP) is 3.82. The van der Waals surface area contributed by atoms with Gasteiger partial charge in [-0.1, -0.05) is 6.07 Å². The molecule has 1 aromatic heterocycles. The first-order chi connectivity index (χ1) is 9.77. The van der Waals surface area contributed by atoms with Crippen LogP contribution in [0, 0.1) is 6.92 Å². The molecule has 21 heavy (non-hydrogen) atoms. The first-order valence-electron chi connectivity index (χ1n) is 6.44. The summed E-state index contributed by atoms with van der Waals surface area (Å²) in [5.74, 6) is 0.773. The fourth-order valence-corrected chi connectivity index (χ4v) is 2.21. The van der Waals surface area contributed by atoms with Gasteiger partial charge in [0.15, 0.2) is 0 Å². The SMILES string of the molecule is Cc1occc1CN(C)Cc1ccc(N)cc1C(F)(F)F. The zero-order chi connectivity index (χ0) is 15.6. The Kier molecular flexibility index (Phi) is 4.27. The fraction of sp³-hybridized carbons (Fsp3) is 0.333. The average molecular weight is 298 g/mol. The lowest BCUT2D eigenvalue weighted by atomic mass is 10.1. The van der Waals surface area contributed by atoms with E-state index in [9.17, 15) is 13.2 Å². The molecule has 0 aliphatic carbocycles. The Labute approximate surface area is 121 Å². The molecule has 2 rings (SSSR count). The van der Waals surface area contributed by atoms with Crippen molar-refractivity contribution < 1.29 is 17.6 Å². The van der Waals surface area contributed by atoms with Gasteiger partial charge in [-0.2, -0.15) is 13.2 Å². The number of nitrogens with two attached hydrogens (primary N) is 1. The molecule has 0 atom stereocenters. The van der Waals surface area contributed by atoms with Crippen molar-refractivity contribution in [1.82, 2.24) is 4.90 Å². The van der Waals surface area contributed by atoms with E-state index in [-0.39, 0.29) is 17.8 Å². The Bertz CT molecular complexity index is 620. The lowest BCUT2D eigenvalue weighted by Crippen LogP contribution is -2.20. The van der Waals surface area contributed by atoms with Gasteiger partial charge in [0.25, 0.3) is 0 Å². The largest absolute Gasteiger partial charge is 0.469 e. The fourth-order valence-electron chi connectivity index (χ4n) is 2.21. The minimum absolute atomic E-state index is 0.111. The lowest BCUT2D eigenvalue weighted by molar-refractivity contribution is -0.138. The third kappa shape index (κ3) is 3.78. The predicted molar refractivity (Wildman–Crippen MR) is 74.5 cm³/mol. The van der Waals surface area contributed by atoms with Crippen molar-refractivity contribution in [2.45, 2.75) is 26.2 Å². The Morgan fingerprint density at radius 1 is 1.14 bits per heavy atom. The molecule has 0 radical (unpaired) electrons. The van der Waals surface area contributed by atoms with Crippen LogP contribution < -0.4 is 5.73 Å². The van der Waals surface area contributed by atoms with Gasteiger partial charge in [0.05, 0.1) is 11.8 Å². The van der Waals surface area contributed by atoms with Crippen LogP contribution in [0.2, 0.25) is 0 Å². The maximum absolute atomic E-state index is 13.0. The molecule has 2 N–H and O–H groups in total. The standard InChI is InChI=1S/C15H17F3N2O/c1-10-11(5-6-21-10)8-20(2)9-12-3-4-13(19)7-14(12)15(16,17)18/h3-7H,8-9,19H2,1-2H3. The van der Waals surface area contributed by atoms with Gasteiger partial charge < -0.3 is 10.2 Å². The van der Waals surface area contributed by atoms with Crippen molar-refractivity contribution in [1.29, 1.82) is 0 Å². The Hall–Kier alpha value is -1.95. The van der Waals surface area contributed by atoms with Crippen molar-refractivity contribution in [3.63, 3.8) is 0 Å². The minimum atomic E-state index is -4.41. The molecule has 0 saturated carbocycles. The van der Waals surface area contributed by atoms with E-state index in [1.165, 1.54) is 12.1 Å². The van der Waals surface area contributed by atoms with Gasteiger partial charge in [-0.15, -0.1) is 0 Å². The lowest BCUT2D eigenvalue weighted by Gasteiger charge is -2.20. The number of aryl methyl sites for hydroxylation is 1. The van der Waals surface area contributed by atoms with Crippen LogP contribution in [0.5, 0.6) is 0 Å². The van der Waals surface area contributed by atoms with E-state index in [1.54, 1.807) is 18.2 Å². The molecule has 0 fully saturated rings. The number of rotatable bonds is 4. The molecular weight excluding hydrogens is 281 g/mol. The summed E-state index contributed by atoms with van der Waals surface area (Å²) in [6, 6.07) is 5.71. The smallest absolute Gasteiger partial charge is 0.416 e. The number of nitrogen functional groups attached to an aromatic ring is 1. The summed E-state index contributed by atoms with van der Waals surface area (Å²) in [6.07, 6.45) is -2.83. The van der Waals surface area contributed by atoms with E-state index in [0.29, 0.717) is 6.54 Å². The molecule has 0 aliphatic rings. The second-order valence-corrected chi connectivity index (χ2v) is 5.09. The van der Waals surface area contributed by atoms with Crippen molar-refractivity contribution in [2.24, 2.45) is 0 Å². The molecule has 6 heteroatoms. The Balaban J connectivity index is 2.17. The van der Waals surface area contributed by atoms with Crippen molar-refractivity contribution in [3.05, 3.63) is 53.0 Å². The summed E-state index contributed by atoms with van der Waals surface area (Å²) in [6.45, 7) is 2.53. The van der Waals surface area contributed by atoms with Crippen molar-refractivity contribution >= 4 is 5.69 Å². The molecule has 0 bridgehead atoms. The van der Waals surface area contributed by atoms with E-state index in [4.69, 9.17) is 10.2 Å². The van der Waals surface area contributed by atoms with Crippen LogP contribution in [-0.4, -0.2) is 11.9 Å². The molecule has 0 aliphatic heterocycles. The number of halogens is 3. The first kappa shape index (κ1) is 15.4. The van der Waals surface area contributed by atoms with E-state index < -0.39 is 11.7 Å². The van der Waals surface area contributed by atoms with Gasteiger partial charge in [-0.05, 0) is 37.7 Å². The van der Waals surface area contributed by atoms with E-state index >= 15 is 0 Å². The third-order valence-electron chi connectivity index (χ3n) is 3.29. The Morgan fingerprint density at radius 2 is 1.81 bits per heavy atom. The topological polar surface area (TPSA) is 42.4 Å². The van der Waals surface area contributed by atoms with Gasteiger partial charge in [0.1, 0.15) is 5.76 Å². The monoisotopic (exact) mass is 298 g/mol. The number of alkyl halides is 3. The number of benzene rings is 1. The average Bonchev–Trinajstić information content (AvgIpc) is 2.76. The quantitative estimate of drug-likeness (QED) is 0.873. The summed E-state index contributed by atoms with van der Waals surface area (Å²) in [7, 11) is 1.77. The van der Waals surface area contributed by atoms with Gasteiger partial charge in [0.2, 0.25) is 0 Å². The number of furan rings is 1. The molecule has 0 spiro atoms.